The van der Waals surface area contributed by atoms with Crippen LogP contribution in [0, 0.1) is 12.7 Å². The summed E-state index contributed by atoms with van der Waals surface area (Å²) in [5.41, 5.74) is 5.37. The highest BCUT2D eigenvalue weighted by molar-refractivity contribution is 7.19. The van der Waals surface area contributed by atoms with Crippen LogP contribution < -0.4 is 17.0 Å². The largest absolute Gasteiger partial charge is 0.368 e. The number of rotatable bonds is 4. The number of fused-ring (bicyclic) bond motifs is 1. The number of hydrogen-bond donors (Lipinski definition) is 2. The molecule has 8 heteroatoms. The van der Waals surface area contributed by atoms with E-state index in [1.165, 1.54) is 23.5 Å². The maximum absolute atomic E-state index is 13.2. The van der Waals surface area contributed by atoms with E-state index in [0.29, 0.717) is 21.3 Å². The van der Waals surface area contributed by atoms with Crippen LogP contribution in [0.5, 0.6) is 0 Å². The first kappa shape index (κ1) is 17.1. The Labute approximate surface area is 145 Å². The highest BCUT2D eigenvalue weighted by Crippen LogP contribution is 2.35. The van der Waals surface area contributed by atoms with E-state index in [9.17, 15) is 18.8 Å². The van der Waals surface area contributed by atoms with Gasteiger partial charge in [0.2, 0.25) is 5.91 Å². The van der Waals surface area contributed by atoms with Gasteiger partial charge in [-0.15, -0.1) is 11.3 Å². The minimum atomic E-state index is -1.03. The number of aryl methyl sites for hydroxylation is 1. The minimum absolute atomic E-state index is 0.221. The predicted molar refractivity (Wildman–Crippen MR) is 95.4 cm³/mol. The molecule has 130 valence electrons. The summed E-state index contributed by atoms with van der Waals surface area (Å²) >= 11 is 1.26. The zero-order valence-electron chi connectivity index (χ0n) is 13.6. The normalized spacial score (nSPS) is 12.4. The first-order valence-corrected chi connectivity index (χ1v) is 8.50. The first-order valence-electron chi connectivity index (χ1n) is 7.68. The van der Waals surface area contributed by atoms with E-state index in [0.717, 1.165) is 9.44 Å². The van der Waals surface area contributed by atoms with Crippen molar-refractivity contribution in [3.63, 3.8) is 0 Å². The molecule has 0 bridgehead atoms. The molecule has 0 aliphatic heterocycles. The van der Waals surface area contributed by atoms with Gasteiger partial charge >= 0.3 is 5.69 Å². The van der Waals surface area contributed by atoms with E-state index in [4.69, 9.17) is 5.73 Å². The van der Waals surface area contributed by atoms with E-state index >= 15 is 0 Å². The Balaban J connectivity index is 2.39. The topological polar surface area (TPSA) is 97.9 Å². The molecular weight excluding hydrogens is 345 g/mol. The molecule has 3 aromatic rings. The van der Waals surface area contributed by atoms with Crippen molar-refractivity contribution in [1.82, 2.24) is 9.55 Å². The fourth-order valence-corrected chi connectivity index (χ4v) is 4.02. The van der Waals surface area contributed by atoms with Crippen LogP contribution in [0.1, 0.15) is 24.3 Å². The first-order chi connectivity index (χ1) is 11.8. The molecule has 3 rings (SSSR count). The SMILES string of the molecule is CCC(C(N)=O)n1c(=O)[nH]c2sc(C)c(-c3ccc(F)cc3)c2c1=O. The highest BCUT2D eigenvalue weighted by Gasteiger charge is 2.24. The van der Waals surface area contributed by atoms with E-state index in [1.807, 2.05) is 6.92 Å². The van der Waals surface area contributed by atoms with Crippen molar-refractivity contribution < 1.29 is 9.18 Å². The number of aromatic amines is 1. The van der Waals surface area contributed by atoms with Crippen LogP contribution in [0.3, 0.4) is 0 Å². The number of benzene rings is 1. The lowest BCUT2D eigenvalue weighted by molar-refractivity contribution is -0.121. The van der Waals surface area contributed by atoms with Gasteiger partial charge in [-0.3, -0.25) is 14.6 Å². The van der Waals surface area contributed by atoms with Crippen LogP contribution in [0.2, 0.25) is 0 Å². The molecule has 6 nitrogen and oxygen atoms in total. The second kappa shape index (κ2) is 6.29. The summed E-state index contributed by atoms with van der Waals surface area (Å²) in [5.74, 6) is -1.13. The van der Waals surface area contributed by atoms with Crippen molar-refractivity contribution in [2.75, 3.05) is 0 Å². The zero-order chi connectivity index (χ0) is 18.3. The second-order valence-corrected chi connectivity index (χ2v) is 6.90. The third kappa shape index (κ3) is 2.78. The Bertz CT molecular complexity index is 1080. The van der Waals surface area contributed by atoms with Gasteiger partial charge in [0.25, 0.3) is 5.56 Å². The van der Waals surface area contributed by atoms with Crippen molar-refractivity contribution in [3.05, 3.63) is 55.8 Å². The van der Waals surface area contributed by atoms with Crippen LogP contribution in [0.15, 0.2) is 33.9 Å². The summed E-state index contributed by atoms with van der Waals surface area (Å²) in [5, 5.41) is 0.299. The van der Waals surface area contributed by atoms with Crippen LogP contribution >= 0.6 is 11.3 Å². The molecule has 1 unspecified atom stereocenters. The smallest absolute Gasteiger partial charge is 0.330 e. The Hall–Kier alpha value is -2.74. The molecule has 2 heterocycles. The monoisotopic (exact) mass is 361 g/mol. The molecule has 25 heavy (non-hydrogen) atoms. The van der Waals surface area contributed by atoms with Gasteiger partial charge in [-0.2, -0.15) is 0 Å². The van der Waals surface area contributed by atoms with Crippen molar-refractivity contribution in [1.29, 1.82) is 0 Å². The molecule has 0 saturated heterocycles. The van der Waals surface area contributed by atoms with Crippen LogP contribution in [0.25, 0.3) is 21.3 Å². The van der Waals surface area contributed by atoms with Crippen molar-refractivity contribution in [2.24, 2.45) is 5.73 Å². The molecule has 0 aliphatic carbocycles. The van der Waals surface area contributed by atoms with Gasteiger partial charge in [-0.25, -0.2) is 13.8 Å². The minimum Gasteiger partial charge on any atom is -0.368 e. The van der Waals surface area contributed by atoms with Gasteiger partial charge in [0, 0.05) is 10.4 Å². The van der Waals surface area contributed by atoms with Gasteiger partial charge in [0.15, 0.2) is 0 Å². The molecule has 1 atom stereocenters. The average molecular weight is 361 g/mol. The molecule has 0 fully saturated rings. The van der Waals surface area contributed by atoms with Gasteiger partial charge in [0.1, 0.15) is 16.7 Å². The van der Waals surface area contributed by atoms with Gasteiger partial charge in [-0.1, -0.05) is 19.1 Å². The standard InChI is InChI=1S/C17H16FN3O3S/c1-3-11(14(19)22)21-16(23)13-12(9-4-6-10(18)7-5-9)8(2)25-15(13)20-17(21)24/h4-7,11H,3H2,1-2H3,(H2,19,22)(H,20,24). The van der Waals surface area contributed by atoms with Gasteiger partial charge in [-0.05, 0) is 31.0 Å². The van der Waals surface area contributed by atoms with E-state index in [1.54, 1.807) is 19.1 Å². The van der Waals surface area contributed by atoms with Crippen molar-refractivity contribution in [3.8, 4) is 11.1 Å². The maximum atomic E-state index is 13.2. The lowest BCUT2D eigenvalue weighted by atomic mass is 10.0. The number of thiophene rings is 1. The zero-order valence-corrected chi connectivity index (χ0v) is 14.4. The number of carbonyl (C=O) groups excluding carboxylic acids is 1. The third-order valence-electron chi connectivity index (χ3n) is 4.12. The summed E-state index contributed by atoms with van der Waals surface area (Å²) in [6, 6.07) is 4.73. The number of nitrogens with zero attached hydrogens (tertiary/aromatic N) is 1. The number of H-pyrrole nitrogens is 1. The Morgan fingerprint density at radius 1 is 1.32 bits per heavy atom. The van der Waals surface area contributed by atoms with E-state index in [-0.39, 0.29) is 12.2 Å². The Kier molecular flexibility index (Phi) is 4.30. The maximum Gasteiger partial charge on any atom is 0.330 e. The number of primary amides is 1. The fourth-order valence-electron chi connectivity index (χ4n) is 2.97. The fraction of sp³-hybridized carbons (Fsp3) is 0.235. The van der Waals surface area contributed by atoms with E-state index in [2.05, 4.69) is 4.98 Å². The lowest BCUT2D eigenvalue weighted by Crippen LogP contribution is -2.42. The number of nitrogens with one attached hydrogen (secondary N) is 1. The number of halogens is 1. The summed E-state index contributed by atoms with van der Waals surface area (Å²) in [7, 11) is 0. The average Bonchev–Trinajstić information content (AvgIpc) is 2.88. The molecule has 2 aromatic heterocycles. The van der Waals surface area contributed by atoms with Crippen molar-refractivity contribution >= 4 is 27.5 Å². The summed E-state index contributed by atoms with van der Waals surface area (Å²) in [6.45, 7) is 3.49. The van der Waals surface area contributed by atoms with Gasteiger partial charge < -0.3 is 5.73 Å². The third-order valence-corrected chi connectivity index (χ3v) is 5.14. The molecule has 0 radical (unpaired) electrons. The van der Waals surface area contributed by atoms with E-state index < -0.39 is 23.2 Å². The summed E-state index contributed by atoms with van der Waals surface area (Å²) in [6.07, 6.45) is 0.221. The molecule has 1 aromatic carbocycles. The number of hydrogen-bond acceptors (Lipinski definition) is 4. The second-order valence-electron chi connectivity index (χ2n) is 5.68. The molecule has 0 saturated carbocycles. The number of nitrogens with two attached hydrogens (primary N) is 1. The molecule has 0 spiro atoms. The summed E-state index contributed by atoms with van der Waals surface area (Å²) in [4.78, 5) is 40.8. The Morgan fingerprint density at radius 3 is 2.52 bits per heavy atom. The Morgan fingerprint density at radius 2 is 1.96 bits per heavy atom. The molecular formula is C17H16FN3O3S. The van der Waals surface area contributed by atoms with Crippen LogP contribution in [-0.4, -0.2) is 15.5 Å². The highest BCUT2D eigenvalue weighted by atomic mass is 32.1. The molecule has 0 aliphatic rings. The summed E-state index contributed by atoms with van der Waals surface area (Å²) < 4.78 is 14.1. The van der Waals surface area contributed by atoms with Crippen LogP contribution in [0.4, 0.5) is 4.39 Å². The number of carbonyl (C=O) groups is 1. The van der Waals surface area contributed by atoms with Gasteiger partial charge in [0.05, 0.1) is 5.39 Å². The van der Waals surface area contributed by atoms with Crippen molar-refractivity contribution in [2.45, 2.75) is 26.3 Å². The quantitative estimate of drug-likeness (QED) is 0.746. The number of amides is 1. The predicted octanol–water partition coefficient (Wildman–Crippen LogP) is 2.30. The molecule has 3 N–H and O–H groups in total. The van der Waals surface area contributed by atoms with Crippen LogP contribution in [-0.2, 0) is 4.79 Å². The molecule has 1 amide bonds. The number of aromatic nitrogens is 2. The lowest BCUT2D eigenvalue weighted by Gasteiger charge is -2.13.